The molecule has 0 saturated carbocycles. The van der Waals surface area contributed by atoms with E-state index in [4.69, 9.17) is 19.3 Å². The van der Waals surface area contributed by atoms with Crippen LogP contribution in [0.3, 0.4) is 0 Å². The molecule has 0 bridgehead atoms. The molecule has 3 unspecified atom stereocenters. The summed E-state index contributed by atoms with van der Waals surface area (Å²) in [5, 5.41) is 8.91. The molecule has 5 nitrogen and oxygen atoms in total. The van der Waals surface area contributed by atoms with E-state index in [-0.39, 0.29) is 24.9 Å². The lowest BCUT2D eigenvalue weighted by molar-refractivity contribution is -0.160. The highest BCUT2D eigenvalue weighted by Crippen LogP contribution is 2.21. The van der Waals surface area contributed by atoms with Crippen LogP contribution >= 0.6 is 0 Å². The van der Waals surface area contributed by atoms with E-state index in [2.05, 4.69) is 0 Å². The second-order valence-corrected chi connectivity index (χ2v) is 4.47. The molecule has 1 aliphatic rings. The van der Waals surface area contributed by atoms with Crippen molar-refractivity contribution in [3.63, 3.8) is 0 Å². The maximum absolute atomic E-state index is 10.9. The molecule has 0 aromatic carbocycles. The van der Waals surface area contributed by atoms with Crippen LogP contribution in [-0.4, -0.2) is 48.7 Å². The Bertz CT molecular complexity index is 233. The van der Waals surface area contributed by atoms with Gasteiger partial charge in [0.1, 0.15) is 0 Å². The molecular weight excluding hydrogens is 224 g/mol. The molecule has 0 aliphatic carbocycles. The zero-order chi connectivity index (χ0) is 12.8. The molecule has 0 amide bonds. The zero-order valence-electron chi connectivity index (χ0n) is 10.7. The van der Waals surface area contributed by atoms with E-state index >= 15 is 0 Å². The Morgan fingerprint density at radius 1 is 1.41 bits per heavy atom. The maximum Gasteiger partial charge on any atom is 0.335 e. The molecule has 0 spiro atoms. The van der Waals surface area contributed by atoms with Crippen LogP contribution in [0.5, 0.6) is 0 Å². The third-order valence-corrected chi connectivity index (χ3v) is 2.78. The van der Waals surface area contributed by atoms with Gasteiger partial charge in [0.05, 0.1) is 24.9 Å². The Kier molecular flexibility index (Phi) is 5.88. The van der Waals surface area contributed by atoms with E-state index in [0.717, 1.165) is 12.8 Å². The van der Waals surface area contributed by atoms with Gasteiger partial charge >= 0.3 is 5.97 Å². The fraction of sp³-hybridized carbons (Fsp3) is 0.917. The minimum absolute atomic E-state index is 0.0658. The minimum atomic E-state index is -0.972. The number of aliphatic carboxylic acids is 1. The lowest BCUT2D eigenvalue weighted by atomic mass is 10.0. The van der Waals surface area contributed by atoms with Gasteiger partial charge in [0.2, 0.25) is 0 Å². The summed E-state index contributed by atoms with van der Waals surface area (Å²) in [5.74, 6) is -0.972. The summed E-state index contributed by atoms with van der Waals surface area (Å²) in [6, 6.07) is 0. The Hall–Kier alpha value is -0.650. The third-order valence-electron chi connectivity index (χ3n) is 2.78. The van der Waals surface area contributed by atoms with E-state index in [9.17, 15) is 4.79 Å². The van der Waals surface area contributed by atoms with Crippen LogP contribution in [0.2, 0.25) is 0 Å². The molecule has 5 heteroatoms. The molecule has 100 valence electrons. The normalized spacial score (nSPS) is 31.1. The fourth-order valence-electron chi connectivity index (χ4n) is 2.10. The van der Waals surface area contributed by atoms with Crippen molar-refractivity contribution in [1.82, 2.24) is 0 Å². The van der Waals surface area contributed by atoms with Crippen molar-refractivity contribution in [3.05, 3.63) is 0 Å². The van der Waals surface area contributed by atoms with E-state index < -0.39 is 12.1 Å². The highest BCUT2D eigenvalue weighted by atomic mass is 16.6. The second-order valence-electron chi connectivity index (χ2n) is 4.47. The van der Waals surface area contributed by atoms with Gasteiger partial charge < -0.3 is 19.3 Å². The number of carboxylic acids is 1. The van der Waals surface area contributed by atoms with Crippen molar-refractivity contribution in [3.8, 4) is 0 Å². The number of rotatable bonds is 6. The van der Waals surface area contributed by atoms with Crippen LogP contribution in [0.25, 0.3) is 0 Å². The first-order valence-corrected chi connectivity index (χ1v) is 6.14. The summed E-state index contributed by atoms with van der Waals surface area (Å²) in [6.07, 6.45) is 1.15. The largest absolute Gasteiger partial charge is 0.479 e. The van der Waals surface area contributed by atoms with Gasteiger partial charge in [0, 0.05) is 6.61 Å². The summed E-state index contributed by atoms with van der Waals surface area (Å²) in [4.78, 5) is 10.9. The monoisotopic (exact) mass is 246 g/mol. The summed E-state index contributed by atoms with van der Waals surface area (Å²) >= 11 is 0. The molecule has 1 N–H and O–H groups in total. The molecule has 0 radical (unpaired) electrons. The lowest BCUT2D eigenvalue weighted by Gasteiger charge is -2.32. The van der Waals surface area contributed by atoms with E-state index in [1.165, 1.54) is 0 Å². The number of hydrogen-bond acceptors (Lipinski definition) is 4. The predicted molar refractivity (Wildman–Crippen MR) is 62.0 cm³/mol. The zero-order valence-corrected chi connectivity index (χ0v) is 10.7. The standard InChI is InChI=1S/C12H22O5/c1-4-15-11(12(13)14)7-16-10-5-8(2)17-9(3)6-10/h8-11H,4-7H2,1-3H3,(H,13,14). The quantitative estimate of drug-likeness (QED) is 0.768. The van der Waals surface area contributed by atoms with Crippen molar-refractivity contribution in [2.45, 2.75) is 58.0 Å². The molecular formula is C12H22O5. The van der Waals surface area contributed by atoms with Crippen molar-refractivity contribution in [1.29, 1.82) is 0 Å². The first kappa shape index (κ1) is 14.4. The molecule has 3 atom stereocenters. The Morgan fingerprint density at radius 2 is 2.00 bits per heavy atom. The Morgan fingerprint density at radius 3 is 2.47 bits per heavy atom. The number of carboxylic acid groups (broad SMARTS) is 1. The number of hydrogen-bond donors (Lipinski definition) is 1. The molecule has 1 heterocycles. The summed E-state index contributed by atoms with van der Waals surface area (Å²) in [5.41, 5.74) is 0. The average Bonchev–Trinajstić information content (AvgIpc) is 2.22. The number of carbonyl (C=O) groups is 1. The summed E-state index contributed by atoms with van der Waals surface area (Å²) in [7, 11) is 0. The minimum Gasteiger partial charge on any atom is -0.479 e. The van der Waals surface area contributed by atoms with Crippen LogP contribution in [0.1, 0.15) is 33.6 Å². The highest BCUT2D eigenvalue weighted by molar-refractivity contribution is 5.72. The molecule has 0 aromatic rings. The van der Waals surface area contributed by atoms with E-state index in [1.54, 1.807) is 6.92 Å². The van der Waals surface area contributed by atoms with Crippen molar-refractivity contribution in [2.24, 2.45) is 0 Å². The van der Waals surface area contributed by atoms with Gasteiger partial charge in [-0.2, -0.15) is 0 Å². The lowest BCUT2D eigenvalue weighted by Crippen LogP contribution is -2.37. The second kappa shape index (κ2) is 6.93. The SMILES string of the molecule is CCOC(COC1CC(C)OC(C)C1)C(=O)O. The fourth-order valence-corrected chi connectivity index (χ4v) is 2.10. The van der Waals surface area contributed by atoms with Gasteiger partial charge in [-0.05, 0) is 33.6 Å². The number of ether oxygens (including phenoxy) is 3. The Labute approximate surface area is 102 Å². The van der Waals surface area contributed by atoms with Gasteiger partial charge in [0.25, 0.3) is 0 Å². The van der Waals surface area contributed by atoms with Crippen LogP contribution in [0.15, 0.2) is 0 Å². The van der Waals surface area contributed by atoms with Crippen molar-refractivity contribution >= 4 is 5.97 Å². The molecule has 17 heavy (non-hydrogen) atoms. The summed E-state index contributed by atoms with van der Waals surface area (Å²) < 4.78 is 16.3. The average molecular weight is 246 g/mol. The maximum atomic E-state index is 10.9. The Balaban J connectivity index is 2.35. The van der Waals surface area contributed by atoms with Crippen LogP contribution < -0.4 is 0 Å². The van der Waals surface area contributed by atoms with Gasteiger partial charge in [-0.1, -0.05) is 0 Å². The first-order chi connectivity index (χ1) is 8.02. The van der Waals surface area contributed by atoms with E-state index in [1.807, 2.05) is 13.8 Å². The van der Waals surface area contributed by atoms with Gasteiger partial charge in [-0.15, -0.1) is 0 Å². The summed E-state index contributed by atoms with van der Waals surface area (Å²) in [6.45, 7) is 6.26. The van der Waals surface area contributed by atoms with Gasteiger partial charge in [-0.25, -0.2) is 4.79 Å². The molecule has 1 saturated heterocycles. The predicted octanol–water partition coefficient (Wildman–Crippen LogP) is 1.45. The molecule has 1 rings (SSSR count). The van der Waals surface area contributed by atoms with E-state index in [0.29, 0.717) is 6.61 Å². The van der Waals surface area contributed by atoms with Gasteiger partial charge in [0.15, 0.2) is 6.10 Å². The third kappa shape index (κ3) is 5.02. The topological polar surface area (TPSA) is 65.0 Å². The molecule has 1 aliphatic heterocycles. The van der Waals surface area contributed by atoms with Crippen molar-refractivity contribution in [2.75, 3.05) is 13.2 Å². The molecule has 0 aromatic heterocycles. The molecule has 1 fully saturated rings. The van der Waals surface area contributed by atoms with Gasteiger partial charge in [-0.3, -0.25) is 0 Å². The van der Waals surface area contributed by atoms with Crippen LogP contribution in [0, 0.1) is 0 Å². The van der Waals surface area contributed by atoms with Crippen LogP contribution in [0.4, 0.5) is 0 Å². The highest BCUT2D eigenvalue weighted by Gasteiger charge is 2.27. The first-order valence-electron chi connectivity index (χ1n) is 6.14. The van der Waals surface area contributed by atoms with Crippen molar-refractivity contribution < 1.29 is 24.1 Å². The van der Waals surface area contributed by atoms with Crippen LogP contribution in [-0.2, 0) is 19.0 Å². The smallest absolute Gasteiger partial charge is 0.335 e.